The third-order valence-corrected chi connectivity index (χ3v) is 5.91. The van der Waals surface area contributed by atoms with Crippen LogP contribution in [-0.2, 0) is 10.0 Å². The van der Waals surface area contributed by atoms with Crippen LogP contribution in [0.15, 0.2) is 27.1 Å². The van der Waals surface area contributed by atoms with Gasteiger partial charge >= 0.3 is 0 Å². The number of hydrogen-bond donors (Lipinski definition) is 2. The largest absolute Gasteiger partial charge is 0.317 e. The van der Waals surface area contributed by atoms with Crippen LogP contribution in [0.1, 0.15) is 12.8 Å². The predicted octanol–water partition coefficient (Wildman–Crippen LogP) is 2.71. The van der Waals surface area contributed by atoms with Crippen LogP contribution in [0.4, 0.5) is 5.69 Å². The van der Waals surface area contributed by atoms with Crippen molar-refractivity contribution in [3.05, 3.63) is 27.1 Å². The molecule has 1 heterocycles. The molecule has 1 aliphatic rings. The van der Waals surface area contributed by atoms with Gasteiger partial charge in [-0.15, -0.1) is 0 Å². The van der Waals surface area contributed by atoms with Crippen LogP contribution < -0.4 is 10.0 Å². The fourth-order valence-corrected chi connectivity index (χ4v) is 4.70. The lowest BCUT2D eigenvalue weighted by atomic mass is 10.2. The highest BCUT2D eigenvalue weighted by Gasteiger charge is 2.27. The number of nitrogens with one attached hydrogen (secondary N) is 2. The quantitative estimate of drug-likeness (QED) is 0.824. The number of piperidine rings is 1. The van der Waals surface area contributed by atoms with E-state index in [2.05, 4.69) is 41.9 Å². The summed E-state index contributed by atoms with van der Waals surface area (Å²) in [6.07, 6.45) is 1.31. The standard InChI is InChI=1S/C11H14Br2N2O2S/c12-8-1-2-11(10(13)7-8)15-18(16,17)9-3-5-14-6-4-9/h1-2,7,9,14-15H,3-6H2. The third kappa shape index (κ3) is 3.46. The Kier molecular flexibility index (Phi) is 4.69. The van der Waals surface area contributed by atoms with Gasteiger partial charge in [-0.1, -0.05) is 15.9 Å². The van der Waals surface area contributed by atoms with Crippen molar-refractivity contribution in [3.8, 4) is 0 Å². The van der Waals surface area contributed by atoms with Gasteiger partial charge in [-0.25, -0.2) is 8.42 Å². The molecule has 2 rings (SSSR count). The van der Waals surface area contributed by atoms with Crippen LogP contribution in [0.2, 0.25) is 0 Å². The van der Waals surface area contributed by atoms with Gasteiger partial charge in [0.15, 0.2) is 0 Å². The zero-order valence-corrected chi connectivity index (χ0v) is 13.6. The molecule has 0 aromatic heterocycles. The van der Waals surface area contributed by atoms with Gasteiger partial charge in [0.2, 0.25) is 10.0 Å². The maximum Gasteiger partial charge on any atom is 0.235 e. The number of sulfonamides is 1. The summed E-state index contributed by atoms with van der Waals surface area (Å²) >= 11 is 6.69. The van der Waals surface area contributed by atoms with E-state index >= 15 is 0 Å². The van der Waals surface area contributed by atoms with Gasteiger partial charge in [-0.3, -0.25) is 4.72 Å². The summed E-state index contributed by atoms with van der Waals surface area (Å²) in [6, 6.07) is 5.37. The Hall–Kier alpha value is -0.110. The second-order valence-corrected chi connectivity index (χ2v) is 7.95. The van der Waals surface area contributed by atoms with Crippen LogP contribution in [0.5, 0.6) is 0 Å². The summed E-state index contributed by atoms with van der Waals surface area (Å²) in [7, 11) is -3.31. The van der Waals surface area contributed by atoms with Gasteiger partial charge in [-0.2, -0.15) is 0 Å². The maximum absolute atomic E-state index is 12.2. The Morgan fingerprint density at radius 2 is 1.89 bits per heavy atom. The van der Waals surface area contributed by atoms with Crippen molar-refractivity contribution in [1.82, 2.24) is 5.32 Å². The summed E-state index contributed by atoms with van der Waals surface area (Å²) in [5.74, 6) is 0. The van der Waals surface area contributed by atoms with E-state index < -0.39 is 10.0 Å². The monoisotopic (exact) mass is 396 g/mol. The number of anilines is 1. The van der Waals surface area contributed by atoms with Crippen LogP contribution >= 0.6 is 31.9 Å². The third-order valence-electron chi connectivity index (χ3n) is 2.91. The molecule has 4 nitrogen and oxygen atoms in total. The highest BCUT2D eigenvalue weighted by Crippen LogP contribution is 2.28. The smallest absolute Gasteiger partial charge is 0.235 e. The van der Waals surface area contributed by atoms with Gasteiger partial charge in [-0.05, 0) is 60.1 Å². The molecular weight excluding hydrogens is 384 g/mol. The first-order chi connectivity index (χ1) is 8.49. The van der Waals surface area contributed by atoms with Crippen LogP contribution in [0.25, 0.3) is 0 Å². The zero-order chi connectivity index (χ0) is 13.2. The van der Waals surface area contributed by atoms with Crippen molar-refractivity contribution >= 4 is 47.6 Å². The first-order valence-electron chi connectivity index (χ1n) is 5.66. The Morgan fingerprint density at radius 1 is 1.22 bits per heavy atom. The molecule has 0 atom stereocenters. The minimum Gasteiger partial charge on any atom is -0.317 e. The van der Waals surface area contributed by atoms with E-state index in [0.717, 1.165) is 22.0 Å². The van der Waals surface area contributed by atoms with Gasteiger partial charge in [0.05, 0.1) is 10.9 Å². The van der Waals surface area contributed by atoms with Crippen molar-refractivity contribution in [2.75, 3.05) is 17.8 Å². The lowest BCUT2D eigenvalue weighted by Crippen LogP contribution is -2.38. The molecule has 1 fully saturated rings. The average molecular weight is 398 g/mol. The van der Waals surface area contributed by atoms with Crippen molar-refractivity contribution in [2.45, 2.75) is 18.1 Å². The lowest BCUT2D eigenvalue weighted by Gasteiger charge is -2.23. The first kappa shape index (κ1) is 14.3. The van der Waals surface area contributed by atoms with E-state index in [1.54, 1.807) is 6.07 Å². The van der Waals surface area contributed by atoms with Crippen molar-refractivity contribution in [3.63, 3.8) is 0 Å². The van der Waals surface area contributed by atoms with Crippen LogP contribution in [0, 0.1) is 0 Å². The van der Waals surface area contributed by atoms with E-state index in [0.29, 0.717) is 18.5 Å². The van der Waals surface area contributed by atoms with Gasteiger partial charge in [0.1, 0.15) is 0 Å². The van der Waals surface area contributed by atoms with E-state index in [4.69, 9.17) is 0 Å². The van der Waals surface area contributed by atoms with Crippen molar-refractivity contribution < 1.29 is 8.42 Å². The topological polar surface area (TPSA) is 58.2 Å². The van der Waals surface area contributed by atoms with E-state index in [-0.39, 0.29) is 5.25 Å². The zero-order valence-electron chi connectivity index (χ0n) is 9.62. The summed E-state index contributed by atoms with van der Waals surface area (Å²) in [6.45, 7) is 1.51. The van der Waals surface area contributed by atoms with Crippen LogP contribution in [-0.4, -0.2) is 26.8 Å². The molecule has 0 amide bonds. The molecule has 0 saturated carbocycles. The van der Waals surface area contributed by atoms with Gasteiger partial charge < -0.3 is 5.32 Å². The molecule has 1 saturated heterocycles. The summed E-state index contributed by atoms with van der Waals surface area (Å²) in [5, 5.41) is 2.85. The summed E-state index contributed by atoms with van der Waals surface area (Å²) in [4.78, 5) is 0. The minimum absolute atomic E-state index is 0.311. The molecule has 1 aromatic carbocycles. The Balaban J connectivity index is 2.16. The van der Waals surface area contributed by atoms with Crippen LogP contribution in [0.3, 0.4) is 0 Å². The Bertz CT molecular complexity index is 528. The molecule has 18 heavy (non-hydrogen) atoms. The molecule has 0 aliphatic carbocycles. The Morgan fingerprint density at radius 3 is 2.50 bits per heavy atom. The van der Waals surface area contributed by atoms with E-state index in [9.17, 15) is 8.42 Å². The highest BCUT2D eigenvalue weighted by molar-refractivity contribution is 9.11. The predicted molar refractivity (Wildman–Crippen MR) is 80.3 cm³/mol. The fourth-order valence-electron chi connectivity index (χ4n) is 1.91. The second kappa shape index (κ2) is 5.90. The summed E-state index contributed by atoms with van der Waals surface area (Å²) in [5.41, 5.74) is 0.580. The fraction of sp³-hybridized carbons (Fsp3) is 0.455. The van der Waals surface area contributed by atoms with E-state index in [1.807, 2.05) is 12.1 Å². The second-order valence-electron chi connectivity index (χ2n) is 4.22. The molecule has 1 aromatic rings. The number of benzene rings is 1. The molecule has 1 aliphatic heterocycles. The molecule has 0 bridgehead atoms. The van der Waals surface area contributed by atoms with E-state index in [1.165, 1.54) is 0 Å². The molecular formula is C11H14Br2N2O2S. The van der Waals surface area contributed by atoms with Gasteiger partial charge in [0, 0.05) is 8.95 Å². The highest BCUT2D eigenvalue weighted by atomic mass is 79.9. The molecule has 0 spiro atoms. The number of hydrogen-bond acceptors (Lipinski definition) is 3. The average Bonchev–Trinajstić information content (AvgIpc) is 2.34. The SMILES string of the molecule is O=S(=O)(Nc1ccc(Br)cc1Br)C1CCNCC1. The lowest BCUT2D eigenvalue weighted by molar-refractivity contribution is 0.499. The maximum atomic E-state index is 12.2. The molecule has 100 valence electrons. The molecule has 0 unspecified atom stereocenters. The van der Waals surface area contributed by atoms with Crippen molar-refractivity contribution in [1.29, 1.82) is 0 Å². The molecule has 2 N–H and O–H groups in total. The minimum atomic E-state index is -3.31. The number of rotatable bonds is 3. The normalized spacial score (nSPS) is 17.7. The van der Waals surface area contributed by atoms with Gasteiger partial charge in [0.25, 0.3) is 0 Å². The summed E-state index contributed by atoms with van der Waals surface area (Å²) < 4.78 is 28.7. The number of halogens is 2. The Labute approximate surface area is 124 Å². The molecule has 7 heteroatoms. The van der Waals surface area contributed by atoms with Crippen molar-refractivity contribution in [2.24, 2.45) is 0 Å². The molecule has 0 radical (unpaired) electrons. The first-order valence-corrected chi connectivity index (χ1v) is 8.80.